The quantitative estimate of drug-likeness (QED) is 0.558. The Morgan fingerprint density at radius 3 is 2.40 bits per heavy atom. The first-order valence-electron chi connectivity index (χ1n) is 2.88. The van der Waals surface area contributed by atoms with Crippen LogP contribution in [0.3, 0.4) is 0 Å². The fourth-order valence-corrected chi connectivity index (χ4v) is 0.394. The summed E-state index contributed by atoms with van der Waals surface area (Å²) in [5.41, 5.74) is 0. The molecule has 0 atom stereocenters. The second kappa shape index (κ2) is 4.51. The first kappa shape index (κ1) is 9.71. The van der Waals surface area contributed by atoms with E-state index in [1.807, 2.05) is 0 Å². The normalized spacial score (nSPS) is 12.0. The van der Waals surface area contributed by atoms with Crippen LogP contribution in [0.1, 0.15) is 0 Å². The van der Waals surface area contributed by atoms with Crippen molar-refractivity contribution in [3.63, 3.8) is 0 Å². The Morgan fingerprint density at radius 2 is 2.00 bits per heavy atom. The molecule has 2 nitrogen and oxygen atoms in total. The van der Waals surface area contributed by atoms with Crippen LogP contribution in [-0.2, 0) is 0 Å². The lowest BCUT2D eigenvalue weighted by molar-refractivity contribution is -0.0475. The molecule has 0 bridgehead atoms. The van der Waals surface area contributed by atoms with Crippen LogP contribution >= 0.6 is 0 Å². The first-order chi connectivity index (χ1) is 4.62. The summed E-state index contributed by atoms with van der Waals surface area (Å²) in [5.74, 6) is -3.13. The van der Waals surface area contributed by atoms with E-state index in [0.29, 0.717) is 0 Å². The van der Waals surface area contributed by atoms with Crippen LogP contribution in [0.5, 0.6) is 0 Å². The smallest absolute Gasteiger partial charge is 0.282 e. The van der Waals surface area contributed by atoms with Crippen molar-refractivity contribution in [2.45, 2.75) is 5.92 Å². The molecular formula is C5H10F3NO. The van der Waals surface area contributed by atoms with E-state index in [1.54, 1.807) is 0 Å². The minimum atomic E-state index is -3.13. The molecule has 0 aromatic heterocycles. The van der Waals surface area contributed by atoms with E-state index >= 15 is 0 Å². The molecule has 0 aliphatic carbocycles. The highest BCUT2D eigenvalue weighted by atomic mass is 19.3. The molecule has 0 aromatic rings. The maximum atomic E-state index is 12.0. The summed E-state index contributed by atoms with van der Waals surface area (Å²) in [4.78, 5) is 0. The zero-order valence-electron chi connectivity index (χ0n) is 5.41. The molecule has 10 heavy (non-hydrogen) atoms. The second-order valence-corrected chi connectivity index (χ2v) is 1.88. The summed E-state index contributed by atoms with van der Waals surface area (Å²) >= 11 is 0. The van der Waals surface area contributed by atoms with Crippen molar-refractivity contribution < 1.29 is 18.3 Å². The van der Waals surface area contributed by atoms with Gasteiger partial charge in [-0.1, -0.05) is 0 Å². The third-order valence-electron chi connectivity index (χ3n) is 0.886. The van der Waals surface area contributed by atoms with Crippen LogP contribution in [-0.4, -0.2) is 37.4 Å². The number of halogens is 3. The molecule has 5 heteroatoms. The molecule has 0 unspecified atom stereocenters. The van der Waals surface area contributed by atoms with Gasteiger partial charge in [-0.2, -0.15) is 0 Å². The van der Waals surface area contributed by atoms with Crippen LogP contribution in [0.15, 0.2) is 0 Å². The topological polar surface area (TPSA) is 32.3 Å². The van der Waals surface area contributed by atoms with Gasteiger partial charge in [-0.3, -0.25) is 0 Å². The lowest BCUT2D eigenvalue weighted by Crippen LogP contribution is -2.36. The summed E-state index contributed by atoms with van der Waals surface area (Å²) in [7, 11) is 0. The molecule has 62 valence electrons. The zero-order chi connectivity index (χ0) is 8.04. The van der Waals surface area contributed by atoms with Crippen molar-refractivity contribution in [1.29, 1.82) is 0 Å². The summed E-state index contributed by atoms with van der Waals surface area (Å²) in [6, 6.07) is 0. The number of alkyl halides is 3. The Morgan fingerprint density at radius 1 is 1.40 bits per heavy atom. The van der Waals surface area contributed by atoms with Gasteiger partial charge in [0.25, 0.3) is 5.92 Å². The van der Waals surface area contributed by atoms with Crippen molar-refractivity contribution in [1.82, 2.24) is 5.32 Å². The Bertz CT molecular complexity index is 89.0. The molecule has 0 rings (SSSR count). The number of aliphatic hydroxyl groups excluding tert-OH is 1. The molecule has 0 radical (unpaired) electrons. The number of nitrogens with one attached hydrogen (secondary N) is 1. The number of hydrogen-bond donors (Lipinski definition) is 2. The molecule has 0 fully saturated rings. The van der Waals surface area contributed by atoms with Gasteiger partial charge in [0.15, 0.2) is 0 Å². The fourth-order valence-electron chi connectivity index (χ4n) is 0.394. The molecule has 0 amide bonds. The van der Waals surface area contributed by atoms with E-state index in [9.17, 15) is 13.2 Å². The molecule has 0 saturated carbocycles. The summed E-state index contributed by atoms with van der Waals surface area (Å²) in [6.45, 7) is -2.66. The van der Waals surface area contributed by atoms with Gasteiger partial charge in [0.2, 0.25) is 0 Å². The largest absolute Gasteiger partial charge is 0.390 e. The molecule has 0 saturated heterocycles. The fraction of sp³-hybridized carbons (Fsp3) is 1.00. The van der Waals surface area contributed by atoms with Crippen LogP contribution < -0.4 is 5.32 Å². The van der Waals surface area contributed by atoms with Gasteiger partial charge in [0.1, 0.15) is 13.3 Å². The van der Waals surface area contributed by atoms with Crippen molar-refractivity contribution in [3.8, 4) is 0 Å². The van der Waals surface area contributed by atoms with E-state index in [-0.39, 0.29) is 6.54 Å². The second-order valence-electron chi connectivity index (χ2n) is 1.88. The molecule has 0 aliphatic heterocycles. The predicted molar refractivity (Wildman–Crippen MR) is 30.9 cm³/mol. The van der Waals surface area contributed by atoms with Gasteiger partial charge < -0.3 is 10.4 Å². The summed E-state index contributed by atoms with van der Waals surface area (Å²) in [5, 5.41) is 10.2. The Labute approximate surface area is 57.0 Å². The molecule has 0 spiro atoms. The molecular weight excluding hydrogens is 147 g/mol. The molecule has 0 aliphatic rings. The zero-order valence-corrected chi connectivity index (χ0v) is 5.41. The van der Waals surface area contributed by atoms with E-state index in [1.165, 1.54) is 0 Å². The Kier molecular flexibility index (Phi) is 4.38. The highest BCUT2D eigenvalue weighted by Gasteiger charge is 2.26. The van der Waals surface area contributed by atoms with Gasteiger partial charge in [-0.05, 0) is 0 Å². The van der Waals surface area contributed by atoms with Crippen LogP contribution in [0.2, 0.25) is 0 Å². The first-order valence-corrected chi connectivity index (χ1v) is 2.88. The predicted octanol–water partition coefficient (Wildman–Crippen LogP) is 0.173. The SMILES string of the molecule is OCC(F)(F)CNCCF. The molecule has 0 aromatic carbocycles. The van der Waals surface area contributed by atoms with E-state index in [4.69, 9.17) is 5.11 Å². The average Bonchev–Trinajstić information content (AvgIpc) is 1.89. The Balaban J connectivity index is 3.28. The maximum Gasteiger partial charge on any atom is 0.282 e. The van der Waals surface area contributed by atoms with Gasteiger partial charge in [0, 0.05) is 6.54 Å². The van der Waals surface area contributed by atoms with E-state index < -0.39 is 25.7 Å². The van der Waals surface area contributed by atoms with E-state index in [2.05, 4.69) is 5.32 Å². The number of aliphatic hydroxyl groups is 1. The van der Waals surface area contributed by atoms with Crippen molar-refractivity contribution in [2.24, 2.45) is 0 Å². The van der Waals surface area contributed by atoms with Crippen LogP contribution in [0, 0.1) is 0 Å². The highest BCUT2D eigenvalue weighted by Crippen LogP contribution is 2.09. The minimum absolute atomic E-state index is 0.102. The highest BCUT2D eigenvalue weighted by molar-refractivity contribution is 4.66. The Hall–Kier alpha value is -0.290. The summed E-state index contributed by atoms with van der Waals surface area (Å²) in [6.07, 6.45) is 0. The van der Waals surface area contributed by atoms with E-state index in [0.717, 1.165) is 0 Å². The third-order valence-corrected chi connectivity index (χ3v) is 0.886. The molecule has 0 heterocycles. The maximum absolute atomic E-state index is 12.0. The van der Waals surface area contributed by atoms with Gasteiger partial charge in [-0.15, -0.1) is 0 Å². The standard InChI is InChI=1S/C5H10F3NO/c6-1-2-9-3-5(7,8)4-10/h9-10H,1-4H2. The van der Waals surface area contributed by atoms with Crippen molar-refractivity contribution in [3.05, 3.63) is 0 Å². The number of hydrogen-bond acceptors (Lipinski definition) is 2. The van der Waals surface area contributed by atoms with Gasteiger partial charge in [-0.25, -0.2) is 13.2 Å². The number of rotatable bonds is 5. The minimum Gasteiger partial charge on any atom is -0.390 e. The van der Waals surface area contributed by atoms with Crippen molar-refractivity contribution in [2.75, 3.05) is 26.4 Å². The van der Waals surface area contributed by atoms with Crippen LogP contribution in [0.25, 0.3) is 0 Å². The third kappa shape index (κ3) is 4.58. The lowest BCUT2D eigenvalue weighted by Gasteiger charge is -2.12. The summed E-state index contributed by atoms with van der Waals surface area (Å²) < 4.78 is 35.4. The average molecular weight is 157 g/mol. The monoisotopic (exact) mass is 157 g/mol. The van der Waals surface area contributed by atoms with Gasteiger partial charge >= 0.3 is 0 Å². The van der Waals surface area contributed by atoms with Crippen molar-refractivity contribution >= 4 is 0 Å². The molecule has 2 N–H and O–H groups in total. The van der Waals surface area contributed by atoms with Crippen LogP contribution in [0.4, 0.5) is 13.2 Å². The lowest BCUT2D eigenvalue weighted by atomic mass is 10.3. The van der Waals surface area contributed by atoms with Gasteiger partial charge in [0.05, 0.1) is 6.54 Å².